The van der Waals surface area contributed by atoms with Crippen molar-refractivity contribution >= 4 is 53.2 Å². The highest BCUT2D eigenvalue weighted by Crippen LogP contribution is 2.30. The van der Waals surface area contributed by atoms with E-state index in [9.17, 15) is 9.90 Å². The molecule has 0 amide bonds. The van der Waals surface area contributed by atoms with E-state index in [2.05, 4.69) is 5.10 Å². The van der Waals surface area contributed by atoms with Crippen LogP contribution >= 0.6 is 47.2 Å². The van der Waals surface area contributed by atoms with Crippen molar-refractivity contribution in [2.75, 3.05) is 0 Å². The van der Waals surface area contributed by atoms with E-state index in [-0.39, 0.29) is 18.1 Å². The Morgan fingerprint density at radius 1 is 1.04 bits per heavy atom. The van der Waals surface area contributed by atoms with Crippen molar-refractivity contribution in [3.8, 4) is 11.3 Å². The smallest absolute Gasteiger partial charge is 0.356 e. The van der Waals surface area contributed by atoms with Crippen molar-refractivity contribution in [2.45, 2.75) is 20.4 Å². The van der Waals surface area contributed by atoms with Crippen LogP contribution in [0, 0.1) is 13.8 Å². The van der Waals surface area contributed by atoms with Crippen LogP contribution in [0.2, 0.25) is 15.1 Å². The van der Waals surface area contributed by atoms with Gasteiger partial charge in [0.05, 0.1) is 22.3 Å². The van der Waals surface area contributed by atoms with E-state index in [1.54, 1.807) is 29.8 Å². The molecule has 0 atom stereocenters. The molecule has 0 bridgehead atoms. The number of carboxylic acid groups (broad SMARTS) is 1. The average Bonchev–Trinajstić information content (AvgIpc) is 2.90. The second-order valence-electron chi connectivity index (χ2n) is 6.00. The molecule has 1 heterocycles. The quantitative estimate of drug-likeness (QED) is 0.512. The molecule has 8 heteroatoms. The number of hydrogen-bond donors (Lipinski definition) is 1. The molecule has 0 spiro atoms. The molecule has 1 aromatic heterocycles. The molecule has 2 aromatic carbocycles. The maximum Gasteiger partial charge on any atom is 0.356 e. The Hall–Kier alpha value is -1.72. The Balaban J connectivity index is 0.00000261. The summed E-state index contributed by atoms with van der Waals surface area (Å²) in [6.45, 7) is 4.02. The molecule has 0 aliphatic carbocycles. The zero-order valence-corrected chi connectivity index (χ0v) is 17.5. The van der Waals surface area contributed by atoms with E-state index in [0.717, 1.165) is 22.4 Å². The summed E-state index contributed by atoms with van der Waals surface area (Å²) in [4.78, 5) is 11.6. The first kappa shape index (κ1) is 21.6. The summed E-state index contributed by atoms with van der Waals surface area (Å²) >= 11 is 18.2. The minimum Gasteiger partial charge on any atom is -0.476 e. The van der Waals surface area contributed by atoms with Gasteiger partial charge in [0.25, 0.3) is 0 Å². The fourth-order valence-electron chi connectivity index (χ4n) is 2.84. The Bertz CT molecular complexity index is 1020. The number of aromatic nitrogens is 2. The monoisotopic (exact) mass is 444 g/mol. The Labute approximate surface area is 178 Å². The van der Waals surface area contributed by atoms with Crippen LogP contribution in [-0.4, -0.2) is 20.9 Å². The summed E-state index contributed by atoms with van der Waals surface area (Å²) in [6.07, 6.45) is 0. The summed E-state index contributed by atoms with van der Waals surface area (Å²) in [5, 5.41) is 15.3. The van der Waals surface area contributed by atoms with Crippen LogP contribution < -0.4 is 0 Å². The number of aryl methyl sites for hydroxylation is 1. The normalized spacial score (nSPS) is 10.6. The van der Waals surface area contributed by atoms with Crippen LogP contribution in [0.1, 0.15) is 27.2 Å². The van der Waals surface area contributed by atoms with E-state index in [1.165, 1.54) is 0 Å². The molecule has 3 rings (SSSR count). The third-order valence-electron chi connectivity index (χ3n) is 4.14. The fraction of sp³-hybridized carbons (Fsp3) is 0.158. The highest BCUT2D eigenvalue weighted by Gasteiger charge is 2.21. The number of halogens is 4. The predicted molar refractivity (Wildman–Crippen MR) is 112 cm³/mol. The van der Waals surface area contributed by atoms with Crippen LogP contribution in [-0.2, 0) is 6.54 Å². The standard InChI is InChI=1S/C19H15Cl3N2O2.ClH/c1-10-7-13(4-6-14(10)20)18-11(2)17(19(25)26)23-24(18)9-12-3-5-15(21)16(22)8-12;/h3-8H,9H2,1-2H3,(H,25,26);1H. The van der Waals surface area contributed by atoms with Gasteiger partial charge in [0, 0.05) is 16.1 Å². The van der Waals surface area contributed by atoms with E-state index in [0.29, 0.717) is 27.2 Å². The number of nitrogens with zero attached hydrogens (tertiary/aromatic N) is 2. The van der Waals surface area contributed by atoms with E-state index >= 15 is 0 Å². The number of carbonyl (C=O) groups is 1. The fourth-order valence-corrected chi connectivity index (χ4v) is 3.28. The summed E-state index contributed by atoms with van der Waals surface area (Å²) in [5.74, 6) is -1.07. The third kappa shape index (κ3) is 4.41. The lowest BCUT2D eigenvalue weighted by molar-refractivity contribution is 0.0688. The minimum absolute atomic E-state index is 0. The first-order valence-electron chi connectivity index (χ1n) is 7.79. The Morgan fingerprint density at radius 3 is 2.30 bits per heavy atom. The molecule has 3 aromatic rings. The molecule has 0 aliphatic rings. The lowest BCUT2D eigenvalue weighted by atomic mass is 10.0. The molecule has 0 saturated heterocycles. The summed E-state index contributed by atoms with van der Waals surface area (Å²) in [5.41, 5.74) is 3.97. The van der Waals surface area contributed by atoms with E-state index < -0.39 is 5.97 Å². The van der Waals surface area contributed by atoms with Crippen LogP contribution in [0.5, 0.6) is 0 Å². The van der Waals surface area contributed by atoms with Gasteiger partial charge in [0.2, 0.25) is 0 Å². The number of hydrogen-bond acceptors (Lipinski definition) is 2. The van der Waals surface area contributed by atoms with E-state index in [4.69, 9.17) is 34.8 Å². The zero-order chi connectivity index (χ0) is 19.0. The van der Waals surface area contributed by atoms with Gasteiger partial charge < -0.3 is 5.11 Å². The lowest BCUT2D eigenvalue weighted by Crippen LogP contribution is -2.06. The lowest BCUT2D eigenvalue weighted by Gasteiger charge is -2.11. The van der Waals surface area contributed by atoms with E-state index in [1.807, 2.05) is 25.1 Å². The molecule has 0 fully saturated rings. The number of benzene rings is 2. The molecule has 4 nitrogen and oxygen atoms in total. The molecule has 1 N–H and O–H groups in total. The SMILES string of the molecule is Cc1cc(-c2c(C)c(C(=O)O)nn2Cc2ccc(Cl)c(Cl)c2)ccc1Cl.Cl. The Kier molecular flexibility index (Phi) is 6.82. The van der Waals surface area contributed by atoms with Gasteiger partial charge in [-0.3, -0.25) is 4.68 Å². The number of carboxylic acids is 1. The molecule has 0 radical (unpaired) electrons. The van der Waals surface area contributed by atoms with Crippen LogP contribution in [0.3, 0.4) is 0 Å². The van der Waals surface area contributed by atoms with Gasteiger partial charge in [0.15, 0.2) is 5.69 Å². The van der Waals surface area contributed by atoms with Crippen molar-refractivity contribution in [3.63, 3.8) is 0 Å². The maximum absolute atomic E-state index is 11.6. The van der Waals surface area contributed by atoms with Crippen LogP contribution in [0.15, 0.2) is 36.4 Å². The molecule has 142 valence electrons. The predicted octanol–water partition coefficient (Wildman–Crippen LogP) is 6.30. The van der Waals surface area contributed by atoms with Gasteiger partial charge in [-0.1, -0.05) is 46.9 Å². The van der Waals surface area contributed by atoms with Gasteiger partial charge in [-0.25, -0.2) is 4.79 Å². The number of aromatic carboxylic acids is 1. The second kappa shape index (κ2) is 8.53. The zero-order valence-electron chi connectivity index (χ0n) is 14.5. The summed E-state index contributed by atoms with van der Waals surface area (Å²) < 4.78 is 1.67. The molecule has 0 aliphatic heterocycles. The van der Waals surface area contributed by atoms with Crippen molar-refractivity contribution in [3.05, 3.63) is 73.9 Å². The third-order valence-corrected chi connectivity index (χ3v) is 5.30. The van der Waals surface area contributed by atoms with Gasteiger partial charge in [0.1, 0.15) is 0 Å². The minimum atomic E-state index is -1.07. The maximum atomic E-state index is 11.6. The van der Waals surface area contributed by atoms with Gasteiger partial charge >= 0.3 is 5.97 Å². The molecule has 0 saturated carbocycles. The Morgan fingerprint density at radius 2 is 1.70 bits per heavy atom. The molecular weight excluding hydrogens is 430 g/mol. The molecular formula is C19H16Cl4N2O2. The summed E-state index contributed by atoms with van der Waals surface area (Å²) in [6, 6.07) is 10.9. The highest BCUT2D eigenvalue weighted by molar-refractivity contribution is 6.42. The largest absolute Gasteiger partial charge is 0.476 e. The van der Waals surface area contributed by atoms with Crippen molar-refractivity contribution in [1.82, 2.24) is 9.78 Å². The van der Waals surface area contributed by atoms with Gasteiger partial charge in [-0.05, 0) is 49.2 Å². The first-order valence-corrected chi connectivity index (χ1v) is 8.92. The molecule has 0 unspecified atom stereocenters. The van der Waals surface area contributed by atoms with Gasteiger partial charge in [-0.2, -0.15) is 5.10 Å². The average molecular weight is 446 g/mol. The topological polar surface area (TPSA) is 55.1 Å². The van der Waals surface area contributed by atoms with Crippen molar-refractivity contribution in [2.24, 2.45) is 0 Å². The van der Waals surface area contributed by atoms with Crippen LogP contribution in [0.25, 0.3) is 11.3 Å². The van der Waals surface area contributed by atoms with Crippen molar-refractivity contribution in [1.29, 1.82) is 0 Å². The highest BCUT2D eigenvalue weighted by atomic mass is 35.5. The summed E-state index contributed by atoms with van der Waals surface area (Å²) in [7, 11) is 0. The van der Waals surface area contributed by atoms with Crippen LogP contribution in [0.4, 0.5) is 0 Å². The van der Waals surface area contributed by atoms with Crippen molar-refractivity contribution < 1.29 is 9.90 Å². The van der Waals surface area contributed by atoms with Gasteiger partial charge in [-0.15, -0.1) is 12.4 Å². The first-order chi connectivity index (χ1) is 12.3. The molecule has 27 heavy (non-hydrogen) atoms. The number of rotatable bonds is 4. The second-order valence-corrected chi connectivity index (χ2v) is 7.22.